The smallest absolute Gasteiger partial charge is 0.362 e. The Labute approximate surface area is 166 Å². The summed E-state index contributed by atoms with van der Waals surface area (Å²) < 4.78 is 5.74. The number of nitrogens with one attached hydrogen (secondary N) is 1. The summed E-state index contributed by atoms with van der Waals surface area (Å²) in [5.41, 5.74) is 3.22. The van der Waals surface area contributed by atoms with Crippen LogP contribution in [0, 0.1) is 11.8 Å². The van der Waals surface area contributed by atoms with Gasteiger partial charge in [-0.25, -0.2) is 9.89 Å². The zero-order valence-corrected chi connectivity index (χ0v) is 15.2. The Morgan fingerprint density at radius 3 is 2.28 bits per heavy atom. The highest BCUT2D eigenvalue weighted by atomic mass is 16.5. The number of H-pyrrole nitrogens is 1. The van der Waals surface area contributed by atoms with Crippen molar-refractivity contribution in [3.05, 3.63) is 95.7 Å². The normalized spacial score (nSPS) is 10.1. The first-order valence-corrected chi connectivity index (χ1v) is 8.79. The minimum absolute atomic E-state index is 0.0373. The van der Waals surface area contributed by atoms with E-state index in [1.165, 1.54) is 0 Å². The zero-order chi connectivity index (χ0) is 20.1. The van der Waals surface area contributed by atoms with Crippen molar-refractivity contribution in [3.8, 4) is 34.6 Å². The molecule has 29 heavy (non-hydrogen) atoms. The van der Waals surface area contributed by atoms with E-state index in [-0.39, 0.29) is 11.6 Å². The molecule has 0 amide bonds. The lowest BCUT2D eigenvalue weighted by Gasteiger charge is -2.08. The topological polar surface area (TPSA) is 88.1 Å². The van der Waals surface area contributed by atoms with E-state index in [4.69, 9.17) is 4.74 Å². The molecule has 0 aliphatic carbocycles. The van der Waals surface area contributed by atoms with E-state index in [1.807, 2.05) is 72.8 Å². The predicted molar refractivity (Wildman–Crippen MR) is 108 cm³/mol. The Balaban J connectivity index is 1.75. The minimum atomic E-state index is -1.22. The standard InChI is InChI=1S/C23H15N3O3/c27-23(28)21-22(25-26-24-21)29-20-14-17(12-11-16-7-3-1-4-8-16)13-19(15-20)18-9-5-2-6-10-18/h1-10,13-15H,(H,27,28)(H,24,25,26). The summed E-state index contributed by atoms with van der Waals surface area (Å²) in [5, 5.41) is 18.7. The van der Waals surface area contributed by atoms with Crippen LogP contribution in [-0.2, 0) is 0 Å². The number of rotatable bonds is 4. The van der Waals surface area contributed by atoms with Crippen LogP contribution in [0.4, 0.5) is 0 Å². The first-order chi connectivity index (χ1) is 14.2. The molecule has 0 spiro atoms. The number of aromatic carboxylic acids is 1. The first kappa shape index (κ1) is 18.0. The molecular formula is C23H15N3O3. The van der Waals surface area contributed by atoms with Gasteiger partial charge in [-0.05, 0) is 41.5 Å². The molecule has 3 aromatic carbocycles. The highest BCUT2D eigenvalue weighted by Gasteiger charge is 2.17. The van der Waals surface area contributed by atoms with Crippen molar-refractivity contribution >= 4 is 5.97 Å². The molecule has 6 nitrogen and oxygen atoms in total. The zero-order valence-electron chi connectivity index (χ0n) is 15.2. The Morgan fingerprint density at radius 1 is 0.862 bits per heavy atom. The van der Waals surface area contributed by atoms with Crippen LogP contribution in [0.1, 0.15) is 21.6 Å². The Kier molecular flexibility index (Phi) is 5.04. The molecule has 2 N–H and O–H groups in total. The second-order valence-corrected chi connectivity index (χ2v) is 6.12. The number of carbonyl (C=O) groups is 1. The number of hydrogen-bond donors (Lipinski definition) is 2. The highest BCUT2D eigenvalue weighted by Crippen LogP contribution is 2.29. The second kappa shape index (κ2) is 8.11. The number of aromatic amines is 1. The lowest BCUT2D eigenvalue weighted by atomic mass is 10.0. The third kappa shape index (κ3) is 4.31. The lowest BCUT2D eigenvalue weighted by Crippen LogP contribution is -2.00. The summed E-state index contributed by atoms with van der Waals surface area (Å²) in [6.07, 6.45) is 0. The van der Waals surface area contributed by atoms with Crippen molar-refractivity contribution in [1.29, 1.82) is 0 Å². The number of carboxylic acids is 1. The Hall–Kier alpha value is -4.37. The van der Waals surface area contributed by atoms with Crippen LogP contribution >= 0.6 is 0 Å². The molecule has 0 saturated carbocycles. The summed E-state index contributed by atoms with van der Waals surface area (Å²) >= 11 is 0. The summed E-state index contributed by atoms with van der Waals surface area (Å²) in [7, 11) is 0. The van der Waals surface area contributed by atoms with E-state index < -0.39 is 5.97 Å². The SMILES string of the molecule is O=C(O)c1nn[nH]c1Oc1cc(C#Cc2ccccc2)cc(-c2ccccc2)c1. The van der Waals surface area contributed by atoms with Gasteiger partial charge in [0.15, 0.2) is 0 Å². The number of aromatic nitrogens is 3. The van der Waals surface area contributed by atoms with E-state index in [2.05, 4.69) is 27.3 Å². The van der Waals surface area contributed by atoms with E-state index >= 15 is 0 Å². The predicted octanol–water partition coefficient (Wildman–Crippen LogP) is 4.36. The van der Waals surface area contributed by atoms with Crippen molar-refractivity contribution in [2.24, 2.45) is 0 Å². The number of hydrogen-bond acceptors (Lipinski definition) is 4. The van der Waals surface area contributed by atoms with Crippen LogP contribution in [0.15, 0.2) is 78.9 Å². The number of carboxylic acid groups (broad SMARTS) is 1. The third-order valence-electron chi connectivity index (χ3n) is 4.08. The average molecular weight is 381 g/mol. The van der Waals surface area contributed by atoms with E-state index in [0.29, 0.717) is 5.75 Å². The molecular weight excluding hydrogens is 366 g/mol. The van der Waals surface area contributed by atoms with Crippen molar-refractivity contribution < 1.29 is 14.6 Å². The van der Waals surface area contributed by atoms with Crippen LogP contribution in [0.5, 0.6) is 11.6 Å². The molecule has 1 aromatic heterocycles. The van der Waals surface area contributed by atoms with Gasteiger partial charge in [-0.2, -0.15) is 0 Å². The van der Waals surface area contributed by atoms with Gasteiger partial charge < -0.3 is 9.84 Å². The van der Waals surface area contributed by atoms with Gasteiger partial charge in [0.2, 0.25) is 5.69 Å². The molecule has 0 bridgehead atoms. The van der Waals surface area contributed by atoms with Crippen molar-refractivity contribution in [2.45, 2.75) is 0 Å². The average Bonchev–Trinajstić information content (AvgIpc) is 3.22. The fourth-order valence-electron chi connectivity index (χ4n) is 2.74. The second-order valence-electron chi connectivity index (χ2n) is 6.12. The van der Waals surface area contributed by atoms with Gasteiger partial charge in [0.05, 0.1) is 0 Å². The molecule has 4 rings (SSSR count). The summed E-state index contributed by atoms with van der Waals surface area (Å²) in [6.45, 7) is 0. The highest BCUT2D eigenvalue weighted by molar-refractivity contribution is 5.87. The Bertz CT molecular complexity index is 1210. The number of benzene rings is 3. The number of nitrogens with zero attached hydrogens (tertiary/aromatic N) is 2. The van der Waals surface area contributed by atoms with Gasteiger partial charge in [-0.3, -0.25) is 0 Å². The summed E-state index contributed by atoms with van der Waals surface area (Å²) in [4.78, 5) is 11.3. The van der Waals surface area contributed by atoms with Gasteiger partial charge in [0.1, 0.15) is 5.75 Å². The van der Waals surface area contributed by atoms with Gasteiger partial charge in [-0.15, -0.1) is 5.10 Å². The minimum Gasteiger partial charge on any atom is -0.476 e. The van der Waals surface area contributed by atoms with Gasteiger partial charge in [0, 0.05) is 11.1 Å². The summed E-state index contributed by atoms with van der Waals surface area (Å²) in [5.74, 6) is 5.43. The first-order valence-electron chi connectivity index (χ1n) is 8.79. The van der Waals surface area contributed by atoms with Crippen molar-refractivity contribution in [3.63, 3.8) is 0 Å². The molecule has 4 aromatic rings. The van der Waals surface area contributed by atoms with Crippen LogP contribution in [-0.4, -0.2) is 26.5 Å². The molecule has 0 atom stereocenters. The maximum absolute atomic E-state index is 11.3. The molecule has 0 aliphatic heterocycles. The molecule has 0 saturated heterocycles. The molecule has 0 radical (unpaired) electrons. The monoisotopic (exact) mass is 381 g/mol. The van der Waals surface area contributed by atoms with Crippen LogP contribution in [0.25, 0.3) is 11.1 Å². The van der Waals surface area contributed by atoms with E-state index in [1.54, 1.807) is 6.07 Å². The summed E-state index contributed by atoms with van der Waals surface area (Å²) in [6, 6.07) is 25.0. The maximum Gasteiger partial charge on any atom is 0.362 e. The fourth-order valence-corrected chi connectivity index (χ4v) is 2.74. The number of ether oxygens (including phenoxy) is 1. The van der Waals surface area contributed by atoms with Crippen LogP contribution in [0.3, 0.4) is 0 Å². The van der Waals surface area contributed by atoms with Crippen LogP contribution < -0.4 is 4.74 Å². The van der Waals surface area contributed by atoms with Gasteiger partial charge in [0.25, 0.3) is 5.88 Å². The van der Waals surface area contributed by atoms with Crippen LogP contribution in [0.2, 0.25) is 0 Å². The molecule has 140 valence electrons. The quantitative estimate of drug-likeness (QED) is 0.513. The molecule has 0 aliphatic rings. The van der Waals surface area contributed by atoms with Gasteiger partial charge in [-0.1, -0.05) is 65.6 Å². The largest absolute Gasteiger partial charge is 0.476 e. The van der Waals surface area contributed by atoms with Crippen molar-refractivity contribution in [1.82, 2.24) is 15.4 Å². The van der Waals surface area contributed by atoms with Gasteiger partial charge >= 0.3 is 5.97 Å². The lowest BCUT2D eigenvalue weighted by molar-refractivity contribution is 0.0687. The van der Waals surface area contributed by atoms with E-state index in [0.717, 1.165) is 22.3 Å². The third-order valence-corrected chi connectivity index (χ3v) is 4.08. The maximum atomic E-state index is 11.3. The molecule has 1 heterocycles. The Morgan fingerprint density at radius 2 is 1.55 bits per heavy atom. The van der Waals surface area contributed by atoms with Crippen molar-refractivity contribution in [2.75, 3.05) is 0 Å². The molecule has 0 unspecified atom stereocenters. The fraction of sp³-hybridized carbons (Fsp3) is 0. The molecule has 6 heteroatoms. The molecule has 0 fully saturated rings. The van der Waals surface area contributed by atoms with E-state index in [9.17, 15) is 9.90 Å².